The number of alkyl halides is 3. The summed E-state index contributed by atoms with van der Waals surface area (Å²) in [5.41, 5.74) is 2.56. The van der Waals surface area contributed by atoms with Crippen LogP contribution in [0.5, 0.6) is 0 Å². The molecule has 0 aliphatic rings. The second-order valence-electron chi connectivity index (χ2n) is 6.21. The Kier molecular flexibility index (Phi) is 7.52. The maximum atomic E-state index is 12.1. The van der Waals surface area contributed by atoms with Crippen molar-refractivity contribution in [1.82, 2.24) is 4.98 Å². The van der Waals surface area contributed by atoms with E-state index >= 15 is 0 Å². The molecule has 0 bridgehead atoms. The van der Waals surface area contributed by atoms with Crippen LogP contribution in [0.25, 0.3) is 11.1 Å². The van der Waals surface area contributed by atoms with Crippen molar-refractivity contribution in [3.63, 3.8) is 0 Å². The fourth-order valence-corrected chi connectivity index (χ4v) is 2.60. The van der Waals surface area contributed by atoms with Gasteiger partial charge in [0.05, 0.1) is 0 Å². The molecule has 144 valence electrons. The number of Topliss-reactive ketones (excluding diaryl/α,β-unsaturated/α-hetero) is 1. The molecule has 0 saturated heterocycles. The highest BCUT2D eigenvalue weighted by Crippen LogP contribution is 2.22. The molecule has 2 rings (SSSR count). The van der Waals surface area contributed by atoms with E-state index in [0.717, 1.165) is 11.1 Å². The summed E-state index contributed by atoms with van der Waals surface area (Å²) in [6, 6.07) is 11.2. The Labute approximate surface area is 155 Å². The average molecular weight is 378 g/mol. The highest BCUT2D eigenvalue weighted by atomic mass is 19.4. The molecule has 0 saturated carbocycles. The van der Waals surface area contributed by atoms with Crippen LogP contribution in [0.4, 0.5) is 18.9 Å². The number of hydrogen-bond acceptors (Lipinski definition) is 3. The lowest BCUT2D eigenvalue weighted by Crippen LogP contribution is -2.22. The van der Waals surface area contributed by atoms with Gasteiger partial charge in [-0.1, -0.05) is 31.0 Å². The fraction of sp³-hybridized carbons (Fsp3) is 0.350. The number of amides is 1. The number of unbranched alkanes of at least 4 members (excludes halogenated alkanes) is 3. The smallest absolute Gasteiger partial charge is 0.326 e. The number of hydrogen-bond donors (Lipinski definition) is 1. The van der Waals surface area contributed by atoms with Gasteiger partial charge in [-0.3, -0.25) is 14.6 Å². The van der Waals surface area contributed by atoms with Gasteiger partial charge in [-0.05, 0) is 36.6 Å². The van der Waals surface area contributed by atoms with Gasteiger partial charge in [-0.15, -0.1) is 0 Å². The van der Waals surface area contributed by atoms with Crippen molar-refractivity contribution < 1.29 is 22.8 Å². The molecule has 1 aromatic heterocycles. The molecule has 0 aliphatic carbocycles. The largest absolute Gasteiger partial charge is 0.449 e. The quantitative estimate of drug-likeness (QED) is 0.613. The van der Waals surface area contributed by atoms with Gasteiger partial charge in [-0.2, -0.15) is 13.2 Å². The third-order valence-corrected chi connectivity index (χ3v) is 4.02. The van der Waals surface area contributed by atoms with Gasteiger partial charge in [-0.25, -0.2) is 0 Å². The normalized spacial score (nSPS) is 11.2. The van der Waals surface area contributed by atoms with Gasteiger partial charge >= 0.3 is 6.18 Å². The van der Waals surface area contributed by atoms with Crippen molar-refractivity contribution in [3.8, 4) is 11.1 Å². The number of rotatable bonds is 9. The summed E-state index contributed by atoms with van der Waals surface area (Å²) in [5.74, 6) is -1.83. The molecule has 0 spiro atoms. The Morgan fingerprint density at radius 3 is 2.30 bits per heavy atom. The summed E-state index contributed by atoms with van der Waals surface area (Å²) >= 11 is 0. The lowest BCUT2D eigenvalue weighted by molar-refractivity contribution is -0.171. The zero-order valence-electron chi connectivity index (χ0n) is 14.8. The molecule has 0 radical (unpaired) electrons. The van der Waals surface area contributed by atoms with E-state index in [-0.39, 0.29) is 18.7 Å². The van der Waals surface area contributed by atoms with Crippen molar-refractivity contribution in [2.24, 2.45) is 0 Å². The van der Waals surface area contributed by atoms with Crippen molar-refractivity contribution in [3.05, 3.63) is 48.8 Å². The summed E-state index contributed by atoms with van der Waals surface area (Å²) < 4.78 is 36.2. The molecule has 0 aliphatic heterocycles. The van der Waals surface area contributed by atoms with Gasteiger partial charge in [0.1, 0.15) is 0 Å². The number of pyridine rings is 1. The predicted molar refractivity (Wildman–Crippen MR) is 97.1 cm³/mol. The van der Waals surface area contributed by atoms with Gasteiger partial charge in [0.15, 0.2) is 0 Å². The number of aromatic nitrogens is 1. The minimum atomic E-state index is -4.75. The second kappa shape index (κ2) is 9.85. The molecule has 4 nitrogen and oxygen atoms in total. The molecule has 0 atom stereocenters. The molecule has 1 heterocycles. The summed E-state index contributed by atoms with van der Waals surface area (Å²) in [7, 11) is 0. The van der Waals surface area contributed by atoms with Crippen molar-refractivity contribution in [2.45, 2.75) is 44.7 Å². The van der Waals surface area contributed by atoms with Crippen LogP contribution in [-0.2, 0) is 9.59 Å². The van der Waals surface area contributed by atoms with Crippen LogP contribution in [0.2, 0.25) is 0 Å². The number of nitrogens with zero attached hydrogens (tertiary/aromatic N) is 1. The van der Waals surface area contributed by atoms with Gasteiger partial charge in [0.2, 0.25) is 11.7 Å². The van der Waals surface area contributed by atoms with Gasteiger partial charge in [0.25, 0.3) is 0 Å². The fourth-order valence-electron chi connectivity index (χ4n) is 2.60. The predicted octanol–water partition coefficient (Wildman–Crippen LogP) is 5.16. The molecule has 1 N–H and O–H groups in total. The maximum absolute atomic E-state index is 12.1. The van der Waals surface area contributed by atoms with Crippen LogP contribution in [-0.4, -0.2) is 22.9 Å². The Bertz CT molecular complexity index is 761. The molecule has 0 unspecified atom stereocenters. The van der Waals surface area contributed by atoms with E-state index in [1.54, 1.807) is 18.5 Å². The first-order valence-corrected chi connectivity index (χ1v) is 8.76. The molecule has 2 aromatic rings. The average Bonchev–Trinajstić information content (AvgIpc) is 2.64. The minimum absolute atomic E-state index is 0.148. The number of ketones is 1. The first-order valence-electron chi connectivity index (χ1n) is 8.76. The van der Waals surface area contributed by atoms with Crippen LogP contribution < -0.4 is 5.32 Å². The molecule has 1 amide bonds. The minimum Gasteiger partial charge on any atom is -0.326 e. The van der Waals surface area contributed by atoms with Gasteiger partial charge < -0.3 is 5.32 Å². The van der Waals surface area contributed by atoms with Crippen LogP contribution >= 0.6 is 0 Å². The number of benzene rings is 1. The van der Waals surface area contributed by atoms with Crippen molar-refractivity contribution >= 4 is 17.4 Å². The Morgan fingerprint density at radius 2 is 1.63 bits per heavy atom. The van der Waals surface area contributed by atoms with E-state index in [9.17, 15) is 22.8 Å². The highest BCUT2D eigenvalue weighted by molar-refractivity contribution is 5.91. The first-order chi connectivity index (χ1) is 12.9. The molecule has 0 fully saturated rings. The van der Waals surface area contributed by atoms with E-state index < -0.39 is 18.4 Å². The maximum Gasteiger partial charge on any atom is 0.449 e. The van der Waals surface area contributed by atoms with E-state index in [4.69, 9.17) is 0 Å². The Hall–Kier alpha value is -2.70. The summed E-state index contributed by atoms with van der Waals surface area (Å²) in [5, 5.41) is 2.82. The monoisotopic (exact) mass is 378 g/mol. The molecule has 1 aromatic carbocycles. The standard InChI is InChI=1S/C20H21F3N2O2/c21-20(22,23)18(26)10-3-1-2-4-11-19(27)25-17-9-5-7-15(13-17)16-8-6-12-24-14-16/h5-9,12-14H,1-4,10-11H2,(H,25,27). The molecular weight excluding hydrogens is 357 g/mol. The highest BCUT2D eigenvalue weighted by Gasteiger charge is 2.36. The number of carbonyl (C=O) groups is 2. The third kappa shape index (κ3) is 7.21. The van der Waals surface area contributed by atoms with Crippen LogP contribution in [0.1, 0.15) is 38.5 Å². The van der Waals surface area contributed by atoms with E-state index in [2.05, 4.69) is 10.3 Å². The summed E-state index contributed by atoms with van der Waals surface area (Å²) in [6.07, 6.45) is 0.325. The van der Waals surface area contributed by atoms with E-state index in [1.165, 1.54) is 0 Å². The van der Waals surface area contributed by atoms with Crippen LogP contribution in [0, 0.1) is 0 Å². The number of halogens is 3. The van der Waals surface area contributed by atoms with Gasteiger partial charge in [0, 0.05) is 36.5 Å². The van der Waals surface area contributed by atoms with Crippen LogP contribution in [0.3, 0.4) is 0 Å². The lowest BCUT2D eigenvalue weighted by atomic mass is 10.1. The zero-order chi connectivity index (χ0) is 19.7. The van der Waals surface area contributed by atoms with E-state index in [0.29, 0.717) is 24.9 Å². The summed E-state index contributed by atoms with van der Waals surface area (Å²) in [4.78, 5) is 26.8. The van der Waals surface area contributed by atoms with Crippen LogP contribution in [0.15, 0.2) is 48.8 Å². The number of carbonyl (C=O) groups excluding carboxylic acids is 2. The second-order valence-corrected chi connectivity index (χ2v) is 6.21. The zero-order valence-corrected chi connectivity index (χ0v) is 14.8. The SMILES string of the molecule is O=C(CCCCCCC(=O)C(F)(F)F)Nc1cccc(-c2cccnc2)c1. The Morgan fingerprint density at radius 1 is 0.926 bits per heavy atom. The number of nitrogens with one attached hydrogen (secondary N) is 1. The van der Waals surface area contributed by atoms with E-state index in [1.807, 2.05) is 30.3 Å². The van der Waals surface area contributed by atoms with Crippen molar-refractivity contribution in [1.29, 1.82) is 0 Å². The third-order valence-electron chi connectivity index (χ3n) is 4.02. The van der Waals surface area contributed by atoms with Crippen molar-refractivity contribution in [2.75, 3.05) is 5.32 Å². The summed E-state index contributed by atoms with van der Waals surface area (Å²) in [6.45, 7) is 0. The lowest BCUT2D eigenvalue weighted by Gasteiger charge is -2.08. The first kappa shape index (κ1) is 20.6. The number of anilines is 1. The Balaban J connectivity index is 1.70. The molecule has 27 heavy (non-hydrogen) atoms. The molecular formula is C20H21F3N2O2. The topological polar surface area (TPSA) is 59.1 Å². The molecule has 7 heteroatoms.